The second-order valence-electron chi connectivity index (χ2n) is 2.66. The van der Waals surface area contributed by atoms with E-state index >= 15 is 0 Å². The Morgan fingerprint density at radius 2 is 2.20 bits per heavy atom. The standard InChI is InChI=1S/C6H10O4/c1-4(5(7)8)6(9)2-10-3-6/h4,9H,2-3H2,1H3,(H,7,8). The minimum Gasteiger partial charge on any atom is -0.481 e. The van der Waals surface area contributed by atoms with Crippen LogP contribution < -0.4 is 0 Å². The predicted molar refractivity (Wildman–Crippen MR) is 32.6 cm³/mol. The van der Waals surface area contributed by atoms with Crippen molar-refractivity contribution >= 4 is 5.97 Å². The van der Waals surface area contributed by atoms with Crippen molar-refractivity contribution in [2.75, 3.05) is 13.2 Å². The van der Waals surface area contributed by atoms with Crippen LogP contribution in [0, 0.1) is 5.92 Å². The zero-order valence-corrected chi connectivity index (χ0v) is 5.70. The fourth-order valence-corrected chi connectivity index (χ4v) is 0.791. The summed E-state index contributed by atoms with van der Waals surface area (Å²) < 4.78 is 4.70. The van der Waals surface area contributed by atoms with Crippen molar-refractivity contribution in [1.82, 2.24) is 0 Å². The number of carboxylic acids is 1. The molecular formula is C6H10O4. The molecule has 0 amide bonds. The van der Waals surface area contributed by atoms with Gasteiger partial charge in [-0.05, 0) is 6.92 Å². The van der Waals surface area contributed by atoms with E-state index in [1.54, 1.807) is 0 Å². The highest BCUT2D eigenvalue weighted by Gasteiger charge is 2.45. The van der Waals surface area contributed by atoms with Crippen LogP contribution in [0.15, 0.2) is 0 Å². The van der Waals surface area contributed by atoms with Gasteiger partial charge >= 0.3 is 5.97 Å². The molecule has 0 aliphatic carbocycles. The maximum absolute atomic E-state index is 10.3. The lowest BCUT2D eigenvalue weighted by Crippen LogP contribution is -2.56. The summed E-state index contributed by atoms with van der Waals surface area (Å²) in [4.78, 5) is 10.3. The smallest absolute Gasteiger partial charge is 0.309 e. The van der Waals surface area contributed by atoms with Gasteiger partial charge in [0.15, 0.2) is 0 Å². The Labute approximate surface area is 58.4 Å². The van der Waals surface area contributed by atoms with Gasteiger partial charge in [0.05, 0.1) is 19.1 Å². The van der Waals surface area contributed by atoms with E-state index in [1.807, 2.05) is 0 Å². The molecule has 0 saturated carbocycles. The zero-order valence-electron chi connectivity index (χ0n) is 5.70. The van der Waals surface area contributed by atoms with Gasteiger partial charge in [-0.1, -0.05) is 0 Å². The van der Waals surface area contributed by atoms with Crippen LogP contribution in [0.5, 0.6) is 0 Å². The largest absolute Gasteiger partial charge is 0.481 e. The average molecular weight is 146 g/mol. The lowest BCUT2D eigenvalue weighted by molar-refractivity contribution is -0.211. The molecule has 0 aromatic carbocycles. The molecule has 1 saturated heterocycles. The van der Waals surface area contributed by atoms with Gasteiger partial charge in [-0.3, -0.25) is 4.79 Å². The lowest BCUT2D eigenvalue weighted by atomic mass is 9.87. The van der Waals surface area contributed by atoms with Gasteiger partial charge in [0, 0.05) is 0 Å². The van der Waals surface area contributed by atoms with E-state index in [9.17, 15) is 9.90 Å². The van der Waals surface area contributed by atoms with Crippen molar-refractivity contribution in [3.8, 4) is 0 Å². The Morgan fingerprint density at radius 1 is 1.70 bits per heavy atom. The van der Waals surface area contributed by atoms with Crippen LogP contribution in [0.2, 0.25) is 0 Å². The van der Waals surface area contributed by atoms with Crippen molar-refractivity contribution in [3.05, 3.63) is 0 Å². The van der Waals surface area contributed by atoms with Gasteiger partial charge in [-0.25, -0.2) is 0 Å². The summed E-state index contributed by atoms with van der Waals surface area (Å²) in [6, 6.07) is 0. The third-order valence-corrected chi connectivity index (χ3v) is 1.88. The Morgan fingerprint density at radius 3 is 2.30 bits per heavy atom. The highest BCUT2D eigenvalue weighted by molar-refractivity contribution is 5.71. The molecule has 1 aliphatic rings. The first kappa shape index (κ1) is 7.50. The molecule has 1 atom stereocenters. The predicted octanol–water partition coefficient (Wildman–Crippen LogP) is -0.532. The van der Waals surface area contributed by atoms with Crippen LogP contribution in [0.4, 0.5) is 0 Å². The average Bonchev–Trinajstić information content (AvgIpc) is 1.81. The van der Waals surface area contributed by atoms with E-state index in [0.717, 1.165) is 0 Å². The quantitative estimate of drug-likeness (QED) is 0.549. The molecule has 58 valence electrons. The van der Waals surface area contributed by atoms with E-state index in [0.29, 0.717) is 0 Å². The molecule has 0 bridgehead atoms. The summed E-state index contributed by atoms with van der Waals surface area (Å²) in [7, 11) is 0. The van der Waals surface area contributed by atoms with E-state index in [4.69, 9.17) is 9.84 Å². The summed E-state index contributed by atoms with van der Waals surface area (Å²) in [5, 5.41) is 17.8. The number of rotatable bonds is 2. The molecular weight excluding hydrogens is 136 g/mol. The fourth-order valence-electron chi connectivity index (χ4n) is 0.791. The van der Waals surface area contributed by atoms with Gasteiger partial charge in [0.1, 0.15) is 5.60 Å². The minimum absolute atomic E-state index is 0.139. The van der Waals surface area contributed by atoms with Crippen molar-refractivity contribution in [1.29, 1.82) is 0 Å². The Bertz CT molecular complexity index is 150. The van der Waals surface area contributed by atoms with Crippen molar-refractivity contribution in [2.45, 2.75) is 12.5 Å². The molecule has 0 aromatic rings. The molecule has 1 fully saturated rings. The summed E-state index contributed by atoms with van der Waals surface area (Å²) >= 11 is 0. The highest BCUT2D eigenvalue weighted by atomic mass is 16.5. The summed E-state index contributed by atoms with van der Waals surface area (Å²) in [5.74, 6) is -1.72. The van der Waals surface area contributed by atoms with Gasteiger partial charge in [-0.15, -0.1) is 0 Å². The highest BCUT2D eigenvalue weighted by Crippen LogP contribution is 2.25. The number of carbonyl (C=O) groups is 1. The molecule has 4 nitrogen and oxygen atoms in total. The molecule has 0 radical (unpaired) electrons. The van der Waals surface area contributed by atoms with Crippen molar-refractivity contribution < 1.29 is 19.7 Å². The Balaban J connectivity index is 2.54. The van der Waals surface area contributed by atoms with Crippen molar-refractivity contribution in [3.63, 3.8) is 0 Å². The molecule has 0 spiro atoms. The topological polar surface area (TPSA) is 66.8 Å². The first-order chi connectivity index (χ1) is 4.56. The number of hydrogen-bond acceptors (Lipinski definition) is 3. The molecule has 4 heteroatoms. The Hall–Kier alpha value is -0.610. The molecule has 10 heavy (non-hydrogen) atoms. The second kappa shape index (κ2) is 2.21. The van der Waals surface area contributed by atoms with Crippen molar-refractivity contribution in [2.24, 2.45) is 5.92 Å². The first-order valence-corrected chi connectivity index (χ1v) is 3.09. The van der Waals surface area contributed by atoms with Crippen LogP contribution in [0.25, 0.3) is 0 Å². The van der Waals surface area contributed by atoms with Gasteiger partial charge in [-0.2, -0.15) is 0 Å². The molecule has 0 aromatic heterocycles. The SMILES string of the molecule is CC(C(=O)O)C1(O)COC1. The van der Waals surface area contributed by atoms with Crippen LogP contribution in [-0.2, 0) is 9.53 Å². The third kappa shape index (κ3) is 0.998. The Kier molecular flexibility index (Phi) is 1.66. The monoisotopic (exact) mass is 146 g/mol. The van der Waals surface area contributed by atoms with Gasteiger partial charge in [0.25, 0.3) is 0 Å². The maximum Gasteiger partial charge on any atom is 0.309 e. The van der Waals surface area contributed by atoms with Gasteiger partial charge in [0.2, 0.25) is 0 Å². The summed E-state index contributed by atoms with van der Waals surface area (Å²) in [5.41, 5.74) is -1.12. The van der Waals surface area contributed by atoms with Crippen LogP contribution in [0.1, 0.15) is 6.92 Å². The normalized spacial score (nSPS) is 25.0. The zero-order chi connectivity index (χ0) is 7.78. The molecule has 1 unspecified atom stereocenters. The maximum atomic E-state index is 10.3. The van der Waals surface area contributed by atoms with Crippen LogP contribution in [-0.4, -0.2) is 35.0 Å². The number of hydrogen-bond donors (Lipinski definition) is 2. The fraction of sp³-hybridized carbons (Fsp3) is 0.833. The van der Waals surface area contributed by atoms with E-state index in [-0.39, 0.29) is 13.2 Å². The third-order valence-electron chi connectivity index (χ3n) is 1.88. The lowest BCUT2D eigenvalue weighted by Gasteiger charge is -2.39. The summed E-state index contributed by atoms with van der Waals surface area (Å²) in [6.45, 7) is 1.76. The molecule has 1 heterocycles. The number of aliphatic carboxylic acids is 1. The molecule has 1 rings (SSSR count). The van der Waals surface area contributed by atoms with E-state index in [2.05, 4.69) is 0 Å². The van der Waals surface area contributed by atoms with E-state index < -0.39 is 17.5 Å². The van der Waals surface area contributed by atoms with E-state index in [1.165, 1.54) is 6.92 Å². The first-order valence-electron chi connectivity index (χ1n) is 3.09. The number of carboxylic acid groups (broad SMARTS) is 1. The summed E-state index contributed by atoms with van der Waals surface area (Å²) in [6.07, 6.45) is 0. The van der Waals surface area contributed by atoms with Crippen LogP contribution >= 0.6 is 0 Å². The molecule has 1 aliphatic heterocycles. The van der Waals surface area contributed by atoms with Crippen LogP contribution in [0.3, 0.4) is 0 Å². The number of aliphatic hydroxyl groups is 1. The minimum atomic E-state index is -1.12. The molecule has 2 N–H and O–H groups in total. The number of ether oxygens (including phenoxy) is 1. The second-order valence-corrected chi connectivity index (χ2v) is 2.66. The van der Waals surface area contributed by atoms with Gasteiger partial charge < -0.3 is 14.9 Å².